The largest absolute Gasteiger partial charge is 0.545 e. The van der Waals surface area contributed by atoms with Crippen molar-refractivity contribution in [3.05, 3.63) is 35.4 Å². The lowest BCUT2D eigenvalue weighted by molar-refractivity contribution is -0.255. The van der Waals surface area contributed by atoms with E-state index in [0.717, 1.165) is 0 Å². The summed E-state index contributed by atoms with van der Waals surface area (Å²) in [5, 5.41) is 10.4. The van der Waals surface area contributed by atoms with Crippen molar-refractivity contribution in [2.45, 2.75) is 12.8 Å². The van der Waals surface area contributed by atoms with Crippen molar-refractivity contribution >= 4 is 5.97 Å². The van der Waals surface area contributed by atoms with Gasteiger partial charge < -0.3 is 14.6 Å². The van der Waals surface area contributed by atoms with Gasteiger partial charge in [0.15, 0.2) is 0 Å². The molecule has 0 spiro atoms. The Bertz CT molecular complexity index is 357. The summed E-state index contributed by atoms with van der Waals surface area (Å²) in [6.07, 6.45) is -4.36. The van der Waals surface area contributed by atoms with E-state index < -0.39 is 18.8 Å². The quantitative estimate of drug-likeness (QED) is 0.783. The number of carbonyl (C=O) groups excluding carboxylic acids is 1. The van der Waals surface area contributed by atoms with E-state index in [9.17, 15) is 23.1 Å². The maximum Gasteiger partial charge on any atom is 0.411 e. The van der Waals surface area contributed by atoms with Crippen molar-refractivity contribution in [2.24, 2.45) is 0 Å². The summed E-state index contributed by atoms with van der Waals surface area (Å²) in [6.45, 7) is -1.54. The maximum absolute atomic E-state index is 11.7. The number of carboxylic acids is 1. The number of alkyl halides is 3. The van der Waals surface area contributed by atoms with Gasteiger partial charge in [0.1, 0.15) is 6.61 Å². The molecule has 3 nitrogen and oxygen atoms in total. The van der Waals surface area contributed by atoms with E-state index in [1.165, 1.54) is 24.3 Å². The van der Waals surface area contributed by atoms with Gasteiger partial charge in [-0.3, -0.25) is 0 Å². The zero-order valence-electron chi connectivity index (χ0n) is 8.08. The van der Waals surface area contributed by atoms with Crippen LogP contribution in [-0.4, -0.2) is 18.8 Å². The first-order valence-corrected chi connectivity index (χ1v) is 4.33. The topological polar surface area (TPSA) is 49.4 Å². The summed E-state index contributed by atoms with van der Waals surface area (Å²) >= 11 is 0. The van der Waals surface area contributed by atoms with Crippen LogP contribution < -0.4 is 5.11 Å². The molecule has 0 aromatic heterocycles. The average molecular weight is 233 g/mol. The molecule has 0 N–H and O–H groups in total. The monoisotopic (exact) mass is 233 g/mol. The molecule has 0 aliphatic heterocycles. The van der Waals surface area contributed by atoms with Crippen molar-refractivity contribution in [3.8, 4) is 0 Å². The third-order valence-electron chi connectivity index (χ3n) is 1.72. The molecule has 6 heteroatoms. The van der Waals surface area contributed by atoms with Crippen LogP contribution in [0.4, 0.5) is 13.2 Å². The number of carbonyl (C=O) groups is 1. The van der Waals surface area contributed by atoms with E-state index in [2.05, 4.69) is 4.74 Å². The lowest BCUT2D eigenvalue weighted by atomic mass is 10.1. The molecule has 0 bridgehead atoms. The molecular weight excluding hydrogens is 225 g/mol. The van der Waals surface area contributed by atoms with Crippen LogP contribution in [0.3, 0.4) is 0 Å². The molecule has 0 atom stereocenters. The molecule has 0 unspecified atom stereocenters. The highest BCUT2D eigenvalue weighted by atomic mass is 19.4. The smallest absolute Gasteiger partial charge is 0.411 e. The Morgan fingerprint density at radius 2 is 1.81 bits per heavy atom. The van der Waals surface area contributed by atoms with Crippen LogP contribution in [0.25, 0.3) is 0 Å². The molecule has 0 fully saturated rings. The molecule has 0 amide bonds. The predicted octanol–water partition coefficient (Wildman–Crippen LogP) is 1.13. The molecule has 1 aromatic carbocycles. The highest BCUT2D eigenvalue weighted by Crippen LogP contribution is 2.15. The van der Waals surface area contributed by atoms with Crippen molar-refractivity contribution in [1.82, 2.24) is 0 Å². The first kappa shape index (κ1) is 12.5. The minimum Gasteiger partial charge on any atom is -0.545 e. The van der Waals surface area contributed by atoms with Gasteiger partial charge in [-0.2, -0.15) is 13.2 Å². The zero-order valence-corrected chi connectivity index (χ0v) is 8.08. The standard InChI is InChI=1S/C10H9F3O3/c11-10(12,13)6-16-5-7-1-3-8(4-2-7)9(14)15/h1-4H,5-6H2,(H,14,15)/p-1. The number of hydrogen-bond acceptors (Lipinski definition) is 3. The molecule has 0 saturated heterocycles. The van der Waals surface area contributed by atoms with E-state index >= 15 is 0 Å². The minimum atomic E-state index is -4.36. The van der Waals surface area contributed by atoms with E-state index in [-0.39, 0.29) is 12.2 Å². The summed E-state index contributed by atoms with van der Waals surface area (Å²) in [7, 11) is 0. The third kappa shape index (κ3) is 4.31. The van der Waals surface area contributed by atoms with Crippen molar-refractivity contribution in [1.29, 1.82) is 0 Å². The highest BCUT2D eigenvalue weighted by molar-refractivity contribution is 5.85. The lowest BCUT2D eigenvalue weighted by Crippen LogP contribution is -2.22. The van der Waals surface area contributed by atoms with Gasteiger partial charge in [-0.15, -0.1) is 0 Å². The van der Waals surface area contributed by atoms with Crippen LogP contribution >= 0.6 is 0 Å². The second-order valence-corrected chi connectivity index (χ2v) is 3.09. The summed E-state index contributed by atoms with van der Waals surface area (Å²) in [4.78, 5) is 10.4. The third-order valence-corrected chi connectivity index (χ3v) is 1.72. The van der Waals surface area contributed by atoms with Gasteiger partial charge in [0.25, 0.3) is 0 Å². The van der Waals surface area contributed by atoms with Gasteiger partial charge in [0, 0.05) is 0 Å². The fourth-order valence-electron chi connectivity index (χ4n) is 1.02. The molecule has 0 radical (unpaired) electrons. The van der Waals surface area contributed by atoms with Crippen LogP contribution in [0.2, 0.25) is 0 Å². The first-order valence-electron chi connectivity index (χ1n) is 4.33. The van der Waals surface area contributed by atoms with Gasteiger partial charge in [0.2, 0.25) is 0 Å². The van der Waals surface area contributed by atoms with E-state index in [4.69, 9.17) is 0 Å². The fourth-order valence-corrected chi connectivity index (χ4v) is 1.02. The zero-order chi connectivity index (χ0) is 12.2. The second-order valence-electron chi connectivity index (χ2n) is 3.09. The number of benzene rings is 1. The fraction of sp³-hybridized carbons (Fsp3) is 0.300. The molecular formula is C10H8F3O3-. The summed E-state index contributed by atoms with van der Waals surface area (Å²) in [5.74, 6) is -1.33. The van der Waals surface area contributed by atoms with E-state index in [0.29, 0.717) is 5.56 Å². The summed E-state index contributed by atoms with van der Waals surface area (Å²) in [6, 6.07) is 5.26. The molecule has 16 heavy (non-hydrogen) atoms. The number of rotatable bonds is 4. The molecule has 88 valence electrons. The van der Waals surface area contributed by atoms with Gasteiger partial charge in [-0.25, -0.2) is 0 Å². The summed E-state index contributed by atoms with van der Waals surface area (Å²) in [5.41, 5.74) is 0.439. The normalized spacial score (nSPS) is 11.4. The van der Waals surface area contributed by atoms with Crippen LogP contribution in [0.15, 0.2) is 24.3 Å². The minimum absolute atomic E-state index is 0.0282. The van der Waals surface area contributed by atoms with Crippen LogP contribution in [-0.2, 0) is 11.3 Å². The maximum atomic E-state index is 11.7. The molecule has 1 rings (SSSR count). The summed E-state index contributed by atoms with van der Waals surface area (Å²) < 4.78 is 39.5. The number of aromatic carboxylic acids is 1. The Kier molecular flexibility index (Phi) is 3.89. The van der Waals surface area contributed by atoms with Crippen molar-refractivity contribution < 1.29 is 27.8 Å². The van der Waals surface area contributed by atoms with Gasteiger partial charge in [-0.05, 0) is 11.1 Å². The van der Waals surface area contributed by atoms with Gasteiger partial charge in [0.05, 0.1) is 12.6 Å². The number of carboxylic acid groups (broad SMARTS) is 1. The van der Waals surface area contributed by atoms with E-state index in [1.54, 1.807) is 0 Å². The Labute approximate surface area is 89.5 Å². The lowest BCUT2D eigenvalue weighted by Gasteiger charge is -2.08. The van der Waals surface area contributed by atoms with E-state index in [1.807, 2.05) is 0 Å². The highest BCUT2D eigenvalue weighted by Gasteiger charge is 2.27. The predicted molar refractivity (Wildman–Crippen MR) is 46.5 cm³/mol. The number of ether oxygens (including phenoxy) is 1. The van der Waals surface area contributed by atoms with Crippen molar-refractivity contribution in [3.63, 3.8) is 0 Å². The number of halogens is 3. The molecule has 0 heterocycles. The molecule has 0 saturated carbocycles. The molecule has 0 aliphatic carbocycles. The Hall–Kier alpha value is -1.56. The second kappa shape index (κ2) is 4.98. The van der Waals surface area contributed by atoms with Crippen LogP contribution in [0.1, 0.15) is 15.9 Å². The van der Waals surface area contributed by atoms with Gasteiger partial charge in [-0.1, -0.05) is 24.3 Å². The first-order chi connectivity index (χ1) is 7.38. The number of hydrogen-bond donors (Lipinski definition) is 0. The SMILES string of the molecule is O=C([O-])c1ccc(COCC(F)(F)F)cc1. The van der Waals surface area contributed by atoms with Crippen LogP contribution in [0.5, 0.6) is 0 Å². The Morgan fingerprint density at radius 1 is 1.25 bits per heavy atom. The average Bonchev–Trinajstić information content (AvgIpc) is 2.16. The van der Waals surface area contributed by atoms with Gasteiger partial charge >= 0.3 is 6.18 Å². The van der Waals surface area contributed by atoms with Crippen LogP contribution in [0, 0.1) is 0 Å². The molecule has 0 aliphatic rings. The Balaban J connectivity index is 2.47. The van der Waals surface area contributed by atoms with Crippen molar-refractivity contribution in [2.75, 3.05) is 6.61 Å². The Morgan fingerprint density at radius 3 is 2.25 bits per heavy atom. The molecule has 1 aromatic rings.